The summed E-state index contributed by atoms with van der Waals surface area (Å²) in [6.07, 6.45) is 1.62. The van der Waals surface area contributed by atoms with Crippen molar-refractivity contribution in [3.05, 3.63) is 70.9 Å². The van der Waals surface area contributed by atoms with Crippen LogP contribution in [0.4, 0.5) is 0 Å². The molecule has 3 aromatic rings. The third kappa shape index (κ3) is 3.51. The van der Waals surface area contributed by atoms with E-state index in [2.05, 4.69) is 0 Å². The molecular formula is C21H21ClN2O2. The molecule has 5 heteroatoms. The number of rotatable bonds is 4. The van der Waals surface area contributed by atoms with E-state index in [0.717, 1.165) is 10.9 Å². The fraction of sp³-hybridized carbons (Fsp3) is 0.238. The van der Waals surface area contributed by atoms with Gasteiger partial charge in [-0.05, 0) is 31.5 Å². The molecule has 134 valence electrons. The van der Waals surface area contributed by atoms with Gasteiger partial charge in [-0.2, -0.15) is 0 Å². The van der Waals surface area contributed by atoms with Crippen molar-refractivity contribution >= 4 is 34.3 Å². The lowest BCUT2D eigenvalue weighted by atomic mass is 10.1. The first-order valence-electron chi connectivity index (χ1n) is 8.55. The van der Waals surface area contributed by atoms with Crippen LogP contribution >= 0.6 is 11.6 Å². The smallest absolute Gasteiger partial charge is 0.256 e. The molecule has 0 atom stereocenters. The molecule has 0 bridgehead atoms. The fourth-order valence-corrected chi connectivity index (χ4v) is 3.22. The van der Waals surface area contributed by atoms with Crippen LogP contribution in [0.25, 0.3) is 10.9 Å². The van der Waals surface area contributed by atoms with E-state index in [1.54, 1.807) is 24.4 Å². The molecule has 0 aliphatic heterocycles. The van der Waals surface area contributed by atoms with Gasteiger partial charge in [-0.25, -0.2) is 0 Å². The van der Waals surface area contributed by atoms with Gasteiger partial charge < -0.3 is 4.90 Å². The third-order valence-electron chi connectivity index (χ3n) is 4.42. The summed E-state index contributed by atoms with van der Waals surface area (Å²) >= 11 is 6.08. The molecule has 0 saturated carbocycles. The molecule has 3 rings (SSSR count). The number of carbonyl (C=O) groups is 2. The monoisotopic (exact) mass is 368 g/mol. The van der Waals surface area contributed by atoms with Gasteiger partial charge in [0.15, 0.2) is 0 Å². The first-order valence-corrected chi connectivity index (χ1v) is 8.92. The van der Waals surface area contributed by atoms with Gasteiger partial charge in [0.2, 0.25) is 5.91 Å². The Morgan fingerprint density at radius 2 is 1.81 bits per heavy atom. The highest BCUT2D eigenvalue weighted by Gasteiger charge is 2.24. The van der Waals surface area contributed by atoms with E-state index in [1.165, 1.54) is 11.5 Å². The molecule has 0 aliphatic rings. The highest BCUT2D eigenvalue weighted by Crippen LogP contribution is 2.27. The van der Waals surface area contributed by atoms with Crippen molar-refractivity contribution in [3.63, 3.8) is 0 Å². The Kier molecular flexibility index (Phi) is 5.14. The molecule has 0 fully saturated rings. The predicted molar refractivity (Wildman–Crippen MR) is 105 cm³/mol. The first-order chi connectivity index (χ1) is 12.4. The van der Waals surface area contributed by atoms with Crippen molar-refractivity contribution in [2.75, 3.05) is 0 Å². The Hall–Kier alpha value is -2.59. The highest BCUT2D eigenvalue weighted by atomic mass is 35.5. The number of aromatic nitrogens is 1. The van der Waals surface area contributed by atoms with Gasteiger partial charge in [0.25, 0.3) is 5.91 Å². The minimum absolute atomic E-state index is 0.0192. The largest absolute Gasteiger partial charge is 0.332 e. The van der Waals surface area contributed by atoms with Crippen LogP contribution in [0, 0.1) is 0 Å². The van der Waals surface area contributed by atoms with E-state index in [1.807, 2.05) is 49.1 Å². The molecule has 26 heavy (non-hydrogen) atoms. The zero-order chi connectivity index (χ0) is 18.8. The van der Waals surface area contributed by atoms with Crippen molar-refractivity contribution in [3.8, 4) is 0 Å². The molecule has 0 aliphatic carbocycles. The van der Waals surface area contributed by atoms with Gasteiger partial charge in [-0.15, -0.1) is 0 Å². The van der Waals surface area contributed by atoms with E-state index < -0.39 is 0 Å². The summed E-state index contributed by atoms with van der Waals surface area (Å²) in [5.41, 5.74) is 2.22. The molecule has 0 saturated heterocycles. The number of benzene rings is 2. The summed E-state index contributed by atoms with van der Waals surface area (Å²) < 4.78 is 1.48. The second-order valence-electron chi connectivity index (χ2n) is 6.61. The van der Waals surface area contributed by atoms with Crippen LogP contribution in [0.3, 0.4) is 0 Å². The summed E-state index contributed by atoms with van der Waals surface area (Å²) in [6, 6.07) is 15.1. The van der Waals surface area contributed by atoms with Crippen LogP contribution in [0.15, 0.2) is 54.7 Å². The molecular weight excluding hydrogens is 348 g/mol. The number of halogens is 1. The van der Waals surface area contributed by atoms with Crippen molar-refractivity contribution in [2.45, 2.75) is 33.4 Å². The molecule has 4 nitrogen and oxygen atoms in total. The highest BCUT2D eigenvalue weighted by molar-refractivity contribution is 6.31. The van der Waals surface area contributed by atoms with E-state index in [-0.39, 0.29) is 17.9 Å². The van der Waals surface area contributed by atoms with E-state index in [0.29, 0.717) is 22.6 Å². The third-order valence-corrected chi connectivity index (χ3v) is 4.65. The van der Waals surface area contributed by atoms with Crippen LogP contribution < -0.4 is 0 Å². The van der Waals surface area contributed by atoms with Gasteiger partial charge in [0, 0.05) is 36.1 Å². The number of carbonyl (C=O) groups excluding carboxylic acids is 2. The summed E-state index contributed by atoms with van der Waals surface area (Å²) in [5, 5.41) is 1.26. The van der Waals surface area contributed by atoms with Gasteiger partial charge in [0.1, 0.15) is 0 Å². The Morgan fingerprint density at radius 1 is 1.12 bits per heavy atom. The maximum absolute atomic E-state index is 13.3. The van der Waals surface area contributed by atoms with Crippen molar-refractivity contribution in [2.24, 2.45) is 0 Å². The Balaban J connectivity index is 2.06. The van der Waals surface area contributed by atoms with Crippen LogP contribution in [0.2, 0.25) is 5.02 Å². The second-order valence-corrected chi connectivity index (χ2v) is 7.04. The Labute approximate surface area is 158 Å². The predicted octanol–water partition coefficient (Wildman–Crippen LogP) is 5.01. The summed E-state index contributed by atoms with van der Waals surface area (Å²) in [7, 11) is 0. The van der Waals surface area contributed by atoms with Gasteiger partial charge in [-0.3, -0.25) is 14.2 Å². The van der Waals surface area contributed by atoms with Crippen LogP contribution in [0.1, 0.15) is 41.5 Å². The fourth-order valence-electron chi connectivity index (χ4n) is 3.05. The zero-order valence-electron chi connectivity index (χ0n) is 15.1. The number of hydrogen-bond acceptors (Lipinski definition) is 2. The quantitative estimate of drug-likeness (QED) is 0.649. The maximum Gasteiger partial charge on any atom is 0.256 e. The summed E-state index contributed by atoms with van der Waals surface area (Å²) in [6.45, 7) is 5.96. The zero-order valence-corrected chi connectivity index (χ0v) is 15.8. The second kappa shape index (κ2) is 7.34. The van der Waals surface area contributed by atoms with Crippen LogP contribution in [0.5, 0.6) is 0 Å². The molecule has 0 unspecified atom stereocenters. The maximum atomic E-state index is 13.3. The molecule has 1 amide bonds. The van der Waals surface area contributed by atoms with Crippen molar-refractivity contribution in [1.82, 2.24) is 9.47 Å². The summed E-state index contributed by atoms with van der Waals surface area (Å²) in [5.74, 6) is -0.258. The molecule has 0 N–H and O–H groups in total. The van der Waals surface area contributed by atoms with E-state index in [4.69, 9.17) is 11.6 Å². The van der Waals surface area contributed by atoms with E-state index in [9.17, 15) is 9.59 Å². The van der Waals surface area contributed by atoms with Gasteiger partial charge in [-0.1, -0.05) is 48.0 Å². The van der Waals surface area contributed by atoms with Crippen LogP contribution in [-0.2, 0) is 6.54 Å². The SMILES string of the molecule is CC(=O)n1cc(C(=O)N(Cc2ccccc2)C(C)C)c2ccc(Cl)cc21. The molecule has 2 aromatic carbocycles. The van der Waals surface area contributed by atoms with Crippen LogP contribution in [-0.4, -0.2) is 27.3 Å². The minimum atomic E-state index is -0.157. The number of nitrogens with zero attached hydrogens (tertiary/aromatic N) is 2. The molecule has 1 heterocycles. The Morgan fingerprint density at radius 3 is 2.42 bits per heavy atom. The van der Waals surface area contributed by atoms with Crippen molar-refractivity contribution < 1.29 is 9.59 Å². The Bertz CT molecular complexity index is 961. The average Bonchev–Trinajstić information content (AvgIpc) is 2.98. The number of fused-ring (bicyclic) bond motifs is 1. The lowest BCUT2D eigenvalue weighted by Crippen LogP contribution is -2.36. The normalized spacial score (nSPS) is 11.1. The lowest BCUT2D eigenvalue weighted by Gasteiger charge is -2.26. The van der Waals surface area contributed by atoms with Gasteiger partial charge >= 0.3 is 0 Å². The molecule has 0 radical (unpaired) electrons. The topological polar surface area (TPSA) is 42.3 Å². The van der Waals surface area contributed by atoms with E-state index >= 15 is 0 Å². The summed E-state index contributed by atoms with van der Waals surface area (Å²) in [4.78, 5) is 27.1. The minimum Gasteiger partial charge on any atom is -0.332 e. The molecule has 0 spiro atoms. The number of hydrogen-bond donors (Lipinski definition) is 0. The standard InChI is InChI=1S/C21H21ClN2O2/c1-14(2)23(12-16-7-5-4-6-8-16)21(26)19-13-24(15(3)25)20-11-17(22)9-10-18(19)20/h4-11,13-14H,12H2,1-3H3. The van der Waals surface area contributed by atoms with Gasteiger partial charge in [0.05, 0.1) is 11.1 Å². The first kappa shape index (κ1) is 18.2. The van der Waals surface area contributed by atoms with Crippen molar-refractivity contribution in [1.29, 1.82) is 0 Å². The average molecular weight is 369 g/mol. The molecule has 1 aromatic heterocycles. The number of amides is 1. The lowest BCUT2D eigenvalue weighted by molar-refractivity contribution is 0.0692.